The summed E-state index contributed by atoms with van der Waals surface area (Å²) in [4.78, 5) is 15.0. The number of hydrogen-bond donors (Lipinski definition) is 1. The molecular formula is C11H7BrN2O3S. The van der Waals surface area contributed by atoms with E-state index in [0.29, 0.717) is 9.50 Å². The maximum absolute atomic E-state index is 10.6. The number of phenolic OH excluding ortho intramolecular Hbond substituents is 1. The molecule has 1 N–H and O–H groups in total. The second kappa shape index (κ2) is 5.36. The van der Waals surface area contributed by atoms with Gasteiger partial charge in [-0.1, -0.05) is 11.8 Å². The van der Waals surface area contributed by atoms with Gasteiger partial charge in [0.2, 0.25) is 0 Å². The highest BCUT2D eigenvalue weighted by molar-refractivity contribution is 9.10. The Balaban J connectivity index is 2.24. The van der Waals surface area contributed by atoms with E-state index in [-0.39, 0.29) is 11.4 Å². The molecule has 0 spiro atoms. The molecule has 0 aliphatic rings. The minimum absolute atomic E-state index is 0.0584. The Hall–Kier alpha value is -1.60. The Labute approximate surface area is 115 Å². The summed E-state index contributed by atoms with van der Waals surface area (Å²) in [5, 5.41) is 20.4. The van der Waals surface area contributed by atoms with E-state index < -0.39 is 4.92 Å². The van der Waals surface area contributed by atoms with Crippen LogP contribution in [0.2, 0.25) is 0 Å². The molecule has 0 fully saturated rings. The van der Waals surface area contributed by atoms with Crippen molar-refractivity contribution in [2.75, 3.05) is 0 Å². The van der Waals surface area contributed by atoms with Crippen LogP contribution in [0, 0.1) is 10.1 Å². The van der Waals surface area contributed by atoms with Crippen molar-refractivity contribution in [1.29, 1.82) is 0 Å². The molecule has 0 unspecified atom stereocenters. The Morgan fingerprint density at radius 1 is 1.33 bits per heavy atom. The van der Waals surface area contributed by atoms with Crippen LogP contribution < -0.4 is 0 Å². The third-order valence-corrected chi connectivity index (χ3v) is 3.95. The van der Waals surface area contributed by atoms with Gasteiger partial charge >= 0.3 is 0 Å². The van der Waals surface area contributed by atoms with Crippen LogP contribution in [0.1, 0.15) is 0 Å². The standard InChI is InChI=1S/C11H7BrN2O3S/c12-10-5-7(14(16)17)6-13-11(10)18-9-3-1-8(15)2-4-9/h1-6,15H. The van der Waals surface area contributed by atoms with Gasteiger partial charge in [0, 0.05) is 11.0 Å². The van der Waals surface area contributed by atoms with E-state index in [2.05, 4.69) is 20.9 Å². The van der Waals surface area contributed by atoms with Crippen LogP contribution in [0.15, 0.2) is 50.9 Å². The molecule has 0 radical (unpaired) electrons. The third-order valence-electron chi connectivity index (χ3n) is 2.06. The van der Waals surface area contributed by atoms with E-state index in [1.807, 2.05) is 0 Å². The van der Waals surface area contributed by atoms with Crippen LogP contribution in [0.25, 0.3) is 0 Å². The van der Waals surface area contributed by atoms with Gasteiger partial charge in [-0.25, -0.2) is 4.98 Å². The highest BCUT2D eigenvalue weighted by Gasteiger charge is 2.11. The van der Waals surface area contributed by atoms with Crippen LogP contribution >= 0.6 is 27.7 Å². The molecule has 1 heterocycles. The fraction of sp³-hybridized carbons (Fsp3) is 0. The second-order valence-electron chi connectivity index (χ2n) is 3.33. The number of pyridine rings is 1. The molecule has 7 heteroatoms. The van der Waals surface area contributed by atoms with Gasteiger partial charge in [-0.05, 0) is 40.2 Å². The number of rotatable bonds is 3. The number of phenols is 1. The maximum Gasteiger partial charge on any atom is 0.288 e. The molecule has 0 saturated heterocycles. The van der Waals surface area contributed by atoms with E-state index in [1.165, 1.54) is 24.0 Å². The Kier molecular flexibility index (Phi) is 3.83. The van der Waals surface area contributed by atoms with E-state index in [0.717, 1.165) is 4.90 Å². The first kappa shape index (κ1) is 12.8. The molecule has 92 valence electrons. The van der Waals surface area contributed by atoms with Gasteiger partial charge in [0.1, 0.15) is 17.0 Å². The van der Waals surface area contributed by atoms with Crippen molar-refractivity contribution in [3.8, 4) is 5.75 Å². The van der Waals surface area contributed by atoms with Crippen molar-refractivity contribution < 1.29 is 10.0 Å². The van der Waals surface area contributed by atoms with E-state index in [9.17, 15) is 10.1 Å². The lowest BCUT2D eigenvalue weighted by atomic mass is 10.3. The zero-order chi connectivity index (χ0) is 13.1. The molecule has 1 aromatic heterocycles. The van der Waals surface area contributed by atoms with Gasteiger partial charge < -0.3 is 5.11 Å². The molecular weight excluding hydrogens is 320 g/mol. The number of nitro groups is 1. The fourth-order valence-electron chi connectivity index (χ4n) is 1.22. The summed E-state index contributed by atoms with van der Waals surface area (Å²) in [5.74, 6) is 0.190. The molecule has 0 aliphatic heterocycles. The number of nitrogens with zero attached hydrogens (tertiary/aromatic N) is 2. The van der Waals surface area contributed by atoms with Crippen LogP contribution in [-0.2, 0) is 0 Å². The van der Waals surface area contributed by atoms with Gasteiger partial charge in [-0.2, -0.15) is 0 Å². The zero-order valence-corrected chi connectivity index (χ0v) is 11.3. The summed E-state index contributed by atoms with van der Waals surface area (Å²) >= 11 is 4.60. The smallest absolute Gasteiger partial charge is 0.288 e. The van der Waals surface area contributed by atoms with Crippen molar-refractivity contribution in [2.24, 2.45) is 0 Å². The summed E-state index contributed by atoms with van der Waals surface area (Å²) < 4.78 is 0.565. The molecule has 0 aliphatic carbocycles. The van der Waals surface area contributed by atoms with Gasteiger partial charge in [0.05, 0.1) is 9.40 Å². The summed E-state index contributed by atoms with van der Waals surface area (Å²) in [5.41, 5.74) is -0.0584. The van der Waals surface area contributed by atoms with Gasteiger partial charge in [0.25, 0.3) is 5.69 Å². The second-order valence-corrected chi connectivity index (χ2v) is 5.25. The monoisotopic (exact) mass is 326 g/mol. The normalized spacial score (nSPS) is 10.3. The Morgan fingerprint density at radius 2 is 2.00 bits per heavy atom. The lowest BCUT2D eigenvalue weighted by Crippen LogP contribution is -1.90. The molecule has 1 aromatic carbocycles. The van der Waals surface area contributed by atoms with Gasteiger partial charge in [-0.3, -0.25) is 10.1 Å². The number of aromatic hydroxyl groups is 1. The first-order valence-electron chi connectivity index (χ1n) is 4.83. The summed E-state index contributed by atoms with van der Waals surface area (Å²) in [6, 6.07) is 8.05. The van der Waals surface area contributed by atoms with Crippen LogP contribution in [-0.4, -0.2) is 15.0 Å². The lowest BCUT2D eigenvalue weighted by molar-refractivity contribution is -0.385. The predicted octanol–water partition coefficient (Wildman–Crippen LogP) is 3.61. The Morgan fingerprint density at radius 3 is 2.56 bits per heavy atom. The highest BCUT2D eigenvalue weighted by atomic mass is 79.9. The minimum Gasteiger partial charge on any atom is -0.508 e. The van der Waals surface area contributed by atoms with Crippen LogP contribution in [0.3, 0.4) is 0 Å². The van der Waals surface area contributed by atoms with Crippen molar-refractivity contribution in [1.82, 2.24) is 4.98 Å². The average molecular weight is 327 g/mol. The van der Waals surface area contributed by atoms with E-state index >= 15 is 0 Å². The molecule has 2 rings (SSSR count). The largest absolute Gasteiger partial charge is 0.508 e. The number of hydrogen-bond acceptors (Lipinski definition) is 5. The van der Waals surface area contributed by atoms with Crippen molar-refractivity contribution in [3.63, 3.8) is 0 Å². The SMILES string of the molecule is O=[N+]([O-])c1cnc(Sc2ccc(O)cc2)c(Br)c1. The Bertz CT molecular complexity index is 589. The summed E-state index contributed by atoms with van der Waals surface area (Å²) in [6.45, 7) is 0. The quantitative estimate of drug-likeness (QED) is 0.688. The van der Waals surface area contributed by atoms with Crippen LogP contribution in [0.4, 0.5) is 5.69 Å². The van der Waals surface area contributed by atoms with Crippen molar-refractivity contribution in [3.05, 3.63) is 51.1 Å². The van der Waals surface area contributed by atoms with Gasteiger partial charge in [-0.15, -0.1) is 0 Å². The molecule has 0 saturated carbocycles. The first-order valence-corrected chi connectivity index (χ1v) is 6.44. The number of aromatic nitrogens is 1. The zero-order valence-electron chi connectivity index (χ0n) is 8.91. The molecule has 2 aromatic rings. The molecule has 0 amide bonds. The molecule has 18 heavy (non-hydrogen) atoms. The van der Waals surface area contributed by atoms with Crippen LogP contribution in [0.5, 0.6) is 5.75 Å². The van der Waals surface area contributed by atoms with Crippen molar-refractivity contribution in [2.45, 2.75) is 9.92 Å². The van der Waals surface area contributed by atoms with Gasteiger partial charge in [0.15, 0.2) is 0 Å². The summed E-state index contributed by atoms with van der Waals surface area (Å²) in [7, 11) is 0. The number of benzene rings is 1. The first-order chi connectivity index (χ1) is 8.56. The van der Waals surface area contributed by atoms with Crippen molar-refractivity contribution >= 4 is 33.4 Å². The molecule has 0 atom stereocenters. The fourth-order valence-corrected chi connectivity index (χ4v) is 2.55. The molecule has 5 nitrogen and oxygen atoms in total. The summed E-state index contributed by atoms with van der Waals surface area (Å²) in [6.07, 6.45) is 1.22. The van der Waals surface area contributed by atoms with E-state index in [1.54, 1.807) is 24.3 Å². The average Bonchev–Trinajstić information content (AvgIpc) is 2.34. The van der Waals surface area contributed by atoms with E-state index in [4.69, 9.17) is 5.11 Å². The third kappa shape index (κ3) is 2.99. The number of halogens is 1. The highest BCUT2D eigenvalue weighted by Crippen LogP contribution is 2.33. The molecule has 0 bridgehead atoms. The minimum atomic E-state index is -0.493. The topological polar surface area (TPSA) is 76.3 Å². The predicted molar refractivity (Wildman–Crippen MR) is 70.8 cm³/mol. The maximum atomic E-state index is 10.6. The lowest BCUT2D eigenvalue weighted by Gasteiger charge is -2.03.